The van der Waals surface area contributed by atoms with Crippen molar-refractivity contribution in [1.29, 1.82) is 0 Å². The van der Waals surface area contributed by atoms with E-state index in [0.29, 0.717) is 18.5 Å². The molecule has 1 aliphatic heterocycles. The van der Waals surface area contributed by atoms with E-state index in [1.165, 1.54) is 11.1 Å². The zero-order valence-corrected chi connectivity index (χ0v) is 18.1. The molecule has 0 bridgehead atoms. The number of carbonyl (C=O) groups is 1. The van der Waals surface area contributed by atoms with Crippen LogP contribution in [0, 0.1) is 11.8 Å². The second-order valence-electron chi connectivity index (χ2n) is 9.49. The van der Waals surface area contributed by atoms with E-state index in [1.807, 2.05) is 32.9 Å². The van der Waals surface area contributed by atoms with Crippen molar-refractivity contribution >= 4 is 6.09 Å². The smallest absolute Gasteiger partial charge is 0.410 e. The van der Waals surface area contributed by atoms with Crippen molar-refractivity contribution in [3.63, 3.8) is 0 Å². The Morgan fingerprint density at radius 3 is 2.03 bits per heavy atom. The maximum atomic E-state index is 12.6. The number of benzene rings is 2. The van der Waals surface area contributed by atoms with Gasteiger partial charge in [0.05, 0.1) is 12.6 Å². The van der Waals surface area contributed by atoms with E-state index in [2.05, 4.69) is 53.4 Å². The third-order valence-corrected chi connectivity index (χ3v) is 6.13. The summed E-state index contributed by atoms with van der Waals surface area (Å²) < 4.78 is 5.57. The van der Waals surface area contributed by atoms with Crippen molar-refractivity contribution in [3.05, 3.63) is 71.8 Å². The number of fused-ring (bicyclic) bond motifs is 1. The first-order chi connectivity index (χ1) is 14.4. The third kappa shape index (κ3) is 4.52. The number of hydrogen-bond acceptors (Lipinski definition) is 4. The Kier molecular flexibility index (Phi) is 5.85. The number of piperidine rings is 1. The average molecular weight is 409 g/mol. The molecule has 1 saturated heterocycles. The molecule has 1 aliphatic carbocycles. The predicted octanol–water partition coefficient (Wildman–Crippen LogP) is 3.92. The number of amides is 1. The number of carbonyl (C=O) groups excluding carboxylic acids is 1. The summed E-state index contributed by atoms with van der Waals surface area (Å²) in [6.07, 6.45) is -0.315. The van der Waals surface area contributed by atoms with E-state index in [9.17, 15) is 9.90 Å². The van der Waals surface area contributed by atoms with E-state index in [-0.39, 0.29) is 24.7 Å². The molecular formula is C25H32N2O3. The molecule has 2 fully saturated rings. The lowest BCUT2D eigenvalue weighted by Gasteiger charge is -2.33. The van der Waals surface area contributed by atoms with Gasteiger partial charge in [0.25, 0.3) is 0 Å². The quantitative estimate of drug-likeness (QED) is 0.787. The van der Waals surface area contributed by atoms with Gasteiger partial charge in [0.15, 0.2) is 0 Å². The standard InChI is InChI=1S/C25H32N2O3/c1-25(2,3)30-24(29)27-16-20-22(21(27)17-28)23(20)26(14-18-10-6-4-7-11-18)15-19-12-8-5-9-13-19/h4-13,20-23,28H,14-17H2,1-3H3/t20-,21+,22-,23+/m1/s1. The van der Waals surface area contributed by atoms with Gasteiger partial charge < -0.3 is 14.7 Å². The van der Waals surface area contributed by atoms with E-state index < -0.39 is 5.60 Å². The Morgan fingerprint density at radius 2 is 1.57 bits per heavy atom. The minimum atomic E-state index is -0.532. The second-order valence-corrected chi connectivity index (χ2v) is 9.49. The molecule has 4 atom stereocenters. The van der Waals surface area contributed by atoms with Gasteiger partial charge in [-0.05, 0) is 37.8 Å². The van der Waals surface area contributed by atoms with Crippen LogP contribution in [0.4, 0.5) is 4.79 Å². The highest BCUT2D eigenvalue weighted by Crippen LogP contribution is 2.53. The summed E-state index contributed by atoms with van der Waals surface area (Å²) >= 11 is 0. The van der Waals surface area contributed by atoms with Crippen LogP contribution in [0.1, 0.15) is 31.9 Å². The van der Waals surface area contributed by atoms with Gasteiger partial charge in [-0.15, -0.1) is 0 Å². The molecular weight excluding hydrogens is 376 g/mol. The van der Waals surface area contributed by atoms with Gasteiger partial charge in [-0.1, -0.05) is 60.7 Å². The molecule has 2 aromatic rings. The molecule has 0 aromatic heterocycles. The van der Waals surface area contributed by atoms with Crippen LogP contribution in [-0.2, 0) is 17.8 Å². The fourth-order valence-electron chi connectivity index (χ4n) is 4.86. The zero-order valence-electron chi connectivity index (χ0n) is 18.1. The Hall–Kier alpha value is -2.37. The number of aliphatic hydroxyl groups is 1. The van der Waals surface area contributed by atoms with Crippen molar-refractivity contribution in [2.75, 3.05) is 13.2 Å². The van der Waals surface area contributed by atoms with Gasteiger partial charge in [-0.25, -0.2) is 4.79 Å². The van der Waals surface area contributed by atoms with E-state index >= 15 is 0 Å². The van der Waals surface area contributed by atoms with E-state index in [0.717, 1.165) is 13.1 Å². The number of nitrogens with zero attached hydrogens (tertiary/aromatic N) is 2. The Bertz CT molecular complexity index is 808. The van der Waals surface area contributed by atoms with Crippen LogP contribution in [0.5, 0.6) is 0 Å². The lowest BCUT2D eigenvalue weighted by atomic mass is 10.1. The normalized spacial score (nSPS) is 25.3. The van der Waals surface area contributed by atoms with Crippen LogP contribution in [-0.4, -0.2) is 51.8 Å². The van der Waals surface area contributed by atoms with Gasteiger partial charge in [-0.2, -0.15) is 0 Å². The van der Waals surface area contributed by atoms with Crippen molar-refractivity contribution < 1.29 is 14.6 Å². The molecule has 0 unspecified atom stereocenters. The highest BCUT2D eigenvalue weighted by Gasteiger charge is 2.64. The number of ether oxygens (including phenoxy) is 1. The van der Waals surface area contributed by atoms with Crippen molar-refractivity contribution in [1.82, 2.24) is 9.80 Å². The summed E-state index contributed by atoms with van der Waals surface area (Å²) in [7, 11) is 0. The largest absolute Gasteiger partial charge is 0.444 e. The third-order valence-electron chi connectivity index (χ3n) is 6.13. The molecule has 1 N–H and O–H groups in total. The van der Waals surface area contributed by atoms with Gasteiger partial charge in [0, 0.05) is 31.6 Å². The molecule has 2 aromatic carbocycles. The molecule has 160 valence electrons. The maximum absolute atomic E-state index is 12.6. The predicted molar refractivity (Wildman–Crippen MR) is 117 cm³/mol. The zero-order chi connectivity index (χ0) is 21.3. The SMILES string of the molecule is CC(C)(C)OC(=O)N1C[C@@H]2[C@@H]([C@H]2N(Cc2ccccc2)Cc2ccccc2)[C@@H]1CO. The molecule has 0 spiro atoms. The average Bonchev–Trinajstić information content (AvgIpc) is 3.28. The molecule has 1 saturated carbocycles. The van der Waals surface area contributed by atoms with Crippen LogP contribution in [0.15, 0.2) is 60.7 Å². The van der Waals surface area contributed by atoms with E-state index in [4.69, 9.17) is 4.74 Å². The molecule has 4 rings (SSSR count). The van der Waals surface area contributed by atoms with Gasteiger partial charge >= 0.3 is 6.09 Å². The van der Waals surface area contributed by atoms with Crippen molar-refractivity contribution in [3.8, 4) is 0 Å². The highest BCUT2D eigenvalue weighted by atomic mass is 16.6. The van der Waals surface area contributed by atoms with Crippen LogP contribution in [0.2, 0.25) is 0 Å². The van der Waals surface area contributed by atoms with Crippen LogP contribution >= 0.6 is 0 Å². The number of likely N-dealkylation sites (tertiary alicyclic amines) is 1. The Balaban J connectivity index is 1.50. The highest BCUT2D eigenvalue weighted by molar-refractivity contribution is 5.69. The number of hydrogen-bond donors (Lipinski definition) is 1. The molecule has 2 aliphatic rings. The van der Waals surface area contributed by atoms with Gasteiger partial charge in [0.2, 0.25) is 0 Å². The fourth-order valence-corrected chi connectivity index (χ4v) is 4.86. The summed E-state index contributed by atoms with van der Waals surface area (Å²) in [6.45, 7) is 7.96. The maximum Gasteiger partial charge on any atom is 0.410 e. The Morgan fingerprint density at radius 1 is 1.03 bits per heavy atom. The second kappa shape index (κ2) is 8.40. The monoisotopic (exact) mass is 408 g/mol. The van der Waals surface area contributed by atoms with Crippen molar-refractivity contribution in [2.24, 2.45) is 11.8 Å². The summed E-state index contributed by atoms with van der Waals surface area (Å²) in [6, 6.07) is 21.2. The summed E-state index contributed by atoms with van der Waals surface area (Å²) in [5, 5.41) is 10.1. The number of aliphatic hydroxyl groups excluding tert-OH is 1. The molecule has 5 heteroatoms. The number of rotatable bonds is 6. The first-order valence-corrected chi connectivity index (χ1v) is 10.8. The van der Waals surface area contributed by atoms with Crippen molar-refractivity contribution in [2.45, 2.75) is 51.5 Å². The minimum Gasteiger partial charge on any atom is -0.444 e. The first-order valence-electron chi connectivity index (χ1n) is 10.8. The lowest BCUT2D eigenvalue weighted by Crippen LogP contribution is -2.46. The Labute approximate surface area is 179 Å². The molecule has 1 amide bonds. The van der Waals surface area contributed by atoms with Gasteiger partial charge in [-0.3, -0.25) is 4.90 Å². The summed E-state index contributed by atoms with van der Waals surface area (Å²) in [5.74, 6) is 0.664. The lowest BCUT2D eigenvalue weighted by molar-refractivity contribution is 0.00944. The van der Waals surface area contributed by atoms with Crippen LogP contribution < -0.4 is 0 Å². The molecule has 0 radical (unpaired) electrons. The summed E-state index contributed by atoms with van der Waals surface area (Å²) in [5.41, 5.74) is 2.03. The van der Waals surface area contributed by atoms with Crippen LogP contribution in [0.3, 0.4) is 0 Å². The summed E-state index contributed by atoms with van der Waals surface area (Å²) in [4.78, 5) is 16.9. The van der Waals surface area contributed by atoms with E-state index in [1.54, 1.807) is 4.90 Å². The fraction of sp³-hybridized carbons (Fsp3) is 0.480. The molecule has 5 nitrogen and oxygen atoms in total. The van der Waals surface area contributed by atoms with Crippen LogP contribution in [0.25, 0.3) is 0 Å². The van der Waals surface area contributed by atoms with Gasteiger partial charge in [0.1, 0.15) is 5.60 Å². The minimum absolute atomic E-state index is 0.0264. The topological polar surface area (TPSA) is 53.0 Å². The molecule has 30 heavy (non-hydrogen) atoms. The first kappa shape index (κ1) is 20.9. The molecule has 1 heterocycles.